The summed E-state index contributed by atoms with van der Waals surface area (Å²) in [4.78, 5) is 35.4. The van der Waals surface area contributed by atoms with Crippen LogP contribution in [0.15, 0.2) is 42.6 Å². The van der Waals surface area contributed by atoms with E-state index in [0.29, 0.717) is 37.4 Å². The molecule has 1 aromatic heterocycles. The maximum absolute atomic E-state index is 13.0. The van der Waals surface area contributed by atoms with E-state index in [9.17, 15) is 9.59 Å². The number of hydrogen-bond acceptors (Lipinski definition) is 6. The van der Waals surface area contributed by atoms with Crippen LogP contribution in [0.1, 0.15) is 41.0 Å². The quantitative estimate of drug-likeness (QED) is 0.682. The minimum Gasteiger partial charge on any atom is -0.462 e. The summed E-state index contributed by atoms with van der Waals surface area (Å²) in [7, 11) is 2.04. The number of aromatic nitrogens is 1. The fourth-order valence-electron chi connectivity index (χ4n) is 3.48. The van der Waals surface area contributed by atoms with Gasteiger partial charge in [-0.15, -0.1) is 0 Å². The van der Waals surface area contributed by atoms with Gasteiger partial charge in [-0.3, -0.25) is 4.79 Å². The van der Waals surface area contributed by atoms with Crippen molar-refractivity contribution in [2.45, 2.75) is 20.3 Å². The number of esters is 1. The Bertz CT molecular complexity index is 852. The molecule has 0 N–H and O–H groups in total. The van der Waals surface area contributed by atoms with Gasteiger partial charge in [-0.25, -0.2) is 9.78 Å². The lowest BCUT2D eigenvalue weighted by Crippen LogP contribution is -2.35. The van der Waals surface area contributed by atoms with Crippen molar-refractivity contribution in [1.29, 1.82) is 0 Å². The number of amides is 1. The van der Waals surface area contributed by atoms with Crippen molar-refractivity contribution < 1.29 is 14.3 Å². The number of rotatable bonds is 6. The summed E-state index contributed by atoms with van der Waals surface area (Å²) < 4.78 is 5.00. The first-order valence-electron chi connectivity index (χ1n) is 10.5. The first-order valence-corrected chi connectivity index (χ1v) is 10.5. The number of pyridine rings is 1. The first-order chi connectivity index (χ1) is 14.5. The summed E-state index contributed by atoms with van der Waals surface area (Å²) in [6.07, 6.45) is 2.42. The topological polar surface area (TPSA) is 66.0 Å². The average molecular weight is 411 g/mol. The normalized spacial score (nSPS) is 14.2. The van der Waals surface area contributed by atoms with Crippen LogP contribution >= 0.6 is 0 Å². The summed E-state index contributed by atoms with van der Waals surface area (Å²) in [6, 6.07) is 11.4. The van der Waals surface area contributed by atoms with Crippen LogP contribution in [-0.2, 0) is 4.74 Å². The molecule has 0 aliphatic carbocycles. The van der Waals surface area contributed by atoms with Gasteiger partial charge in [0.15, 0.2) is 0 Å². The lowest BCUT2D eigenvalue weighted by atomic mass is 10.1. The van der Waals surface area contributed by atoms with Crippen LogP contribution in [0, 0.1) is 0 Å². The van der Waals surface area contributed by atoms with Gasteiger partial charge in [-0.05, 0) is 56.7 Å². The van der Waals surface area contributed by atoms with Crippen molar-refractivity contribution in [1.82, 2.24) is 9.88 Å². The number of benzene rings is 1. The molecule has 2 heterocycles. The van der Waals surface area contributed by atoms with Gasteiger partial charge in [-0.1, -0.05) is 0 Å². The minimum atomic E-state index is -0.361. The summed E-state index contributed by atoms with van der Waals surface area (Å²) in [6.45, 7) is 8.01. The van der Waals surface area contributed by atoms with E-state index in [1.54, 1.807) is 19.2 Å². The molecule has 1 amide bonds. The molecule has 7 nitrogen and oxygen atoms in total. The van der Waals surface area contributed by atoms with E-state index in [0.717, 1.165) is 31.0 Å². The van der Waals surface area contributed by atoms with Crippen molar-refractivity contribution in [3.8, 4) is 0 Å². The Labute approximate surface area is 178 Å². The van der Waals surface area contributed by atoms with E-state index < -0.39 is 0 Å². The second-order valence-corrected chi connectivity index (χ2v) is 7.32. The molecule has 0 radical (unpaired) electrons. The molecule has 0 unspecified atom stereocenters. The van der Waals surface area contributed by atoms with Crippen LogP contribution in [0.2, 0.25) is 0 Å². The maximum Gasteiger partial charge on any atom is 0.339 e. The zero-order chi connectivity index (χ0) is 21.5. The Morgan fingerprint density at radius 2 is 1.73 bits per heavy atom. The Hall–Kier alpha value is -3.09. The van der Waals surface area contributed by atoms with Gasteiger partial charge in [-0.2, -0.15) is 0 Å². The molecule has 160 valence electrons. The Morgan fingerprint density at radius 3 is 2.37 bits per heavy atom. The SMILES string of the molecule is CCOC(=O)c1ccc(N2CCCN(C(=O)c3ccc(N(C)CC)cc3)CC2)nc1. The highest BCUT2D eigenvalue weighted by Crippen LogP contribution is 2.18. The number of carbonyl (C=O) groups excluding carboxylic acids is 2. The molecule has 30 heavy (non-hydrogen) atoms. The minimum absolute atomic E-state index is 0.0631. The van der Waals surface area contributed by atoms with E-state index in [1.165, 1.54) is 0 Å². The van der Waals surface area contributed by atoms with E-state index in [1.807, 2.05) is 42.3 Å². The largest absolute Gasteiger partial charge is 0.462 e. The highest BCUT2D eigenvalue weighted by Gasteiger charge is 2.21. The van der Waals surface area contributed by atoms with Gasteiger partial charge < -0.3 is 19.4 Å². The molecule has 7 heteroatoms. The Balaban J connectivity index is 1.61. The zero-order valence-corrected chi connectivity index (χ0v) is 18.0. The molecule has 3 rings (SSSR count). The molecule has 0 atom stereocenters. The average Bonchev–Trinajstić information content (AvgIpc) is 3.05. The monoisotopic (exact) mass is 410 g/mol. The number of hydrogen-bond donors (Lipinski definition) is 0. The zero-order valence-electron chi connectivity index (χ0n) is 18.0. The van der Waals surface area contributed by atoms with E-state index >= 15 is 0 Å². The highest BCUT2D eigenvalue weighted by molar-refractivity contribution is 5.94. The molecule has 0 saturated carbocycles. The van der Waals surface area contributed by atoms with Gasteiger partial charge in [0.2, 0.25) is 0 Å². The predicted octanol–water partition coefficient (Wildman–Crippen LogP) is 3.07. The molecule has 1 aliphatic heterocycles. The summed E-state index contributed by atoms with van der Waals surface area (Å²) in [5.74, 6) is 0.512. The Kier molecular flexibility index (Phi) is 7.27. The van der Waals surface area contributed by atoms with E-state index in [-0.39, 0.29) is 11.9 Å². The molecule has 1 aliphatic rings. The molecule has 0 bridgehead atoms. The van der Waals surface area contributed by atoms with Crippen LogP contribution in [0.5, 0.6) is 0 Å². The van der Waals surface area contributed by atoms with Crippen molar-refractivity contribution >= 4 is 23.4 Å². The molecule has 0 spiro atoms. The lowest BCUT2D eigenvalue weighted by Gasteiger charge is -2.23. The number of anilines is 2. The van der Waals surface area contributed by atoms with E-state index in [4.69, 9.17) is 4.74 Å². The molecule has 1 fully saturated rings. The molecule has 1 saturated heterocycles. The van der Waals surface area contributed by atoms with Crippen molar-refractivity contribution in [3.05, 3.63) is 53.7 Å². The fourth-order valence-corrected chi connectivity index (χ4v) is 3.48. The van der Waals surface area contributed by atoms with Crippen LogP contribution < -0.4 is 9.80 Å². The lowest BCUT2D eigenvalue weighted by molar-refractivity contribution is 0.0525. The van der Waals surface area contributed by atoms with Gasteiger partial charge in [0.25, 0.3) is 5.91 Å². The maximum atomic E-state index is 13.0. The third kappa shape index (κ3) is 5.09. The van der Waals surface area contributed by atoms with E-state index in [2.05, 4.69) is 21.7 Å². The second kappa shape index (κ2) is 10.1. The number of ether oxygens (including phenoxy) is 1. The molecule has 2 aromatic rings. The van der Waals surface area contributed by atoms with Gasteiger partial charge in [0.1, 0.15) is 5.82 Å². The van der Waals surface area contributed by atoms with Crippen LogP contribution in [0.3, 0.4) is 0 Å². The smallest absolute Gasteiger partial charge is 0.339 e. The third-order valence-corrected chi connectivity index (χ3v) is 5.40. The van der Waals surface area contributed by atoms with Gasteiger partial charge in [0, 0.05) is 57.2 Å². The first kappa shape index (κ1) is 21.6. The van der Waals surface area contributed by atoms with Crippen LogP contribution in [0.25, 0.3) is 0 Å². The number of carbonyl (C=O) groups is 2. The second-order valence-electron chi connectivity index (χ2n) is 7.32. The van der Waals surface area contributed by atoms with Crippen LogP contribution in [0.4, 0.5) is 11.5 Å². The highest BCUT2D eigenvalue weighted by atomic mass is 16.5. The third-order valence-electron chi connectivity index (χ3n) is 5.40. The summed E-state index contributed by atoms with van der Waals surface area (Å²) in [5, 5.41) is 0. The predicted molar refractivity (Wildman–Crippen MR) is 118 cm³/mol. The standard InChI is InChI=1S/C23H30N4O3/c1-4-25(3)20-10-7-18(8-11-20)22(28)27-14-6-13-26(15-16-27)21-12-9-19(17-24-21)23(29)30-5-2/h7-12,17H,4-6,13-16H2,1-3H3. The van der Waals surface area contributed by atoms with Crippen molar-refractivity contribution in [3.63, 3.8) is 0 Å². The van der Waals surface area contributed by atoms with Crippen LogP contribution in [-0.4, -0.2) is 68.1 Å². The van der Waals surface area contributed by atoms with Gasteiger partial charge in [0.05, 0.1) is 12.2 Å². The number of nitrogens with zero attached hydrogens (tertiary/aromatic N) is 4. The summed E-state index contributed by atoms with van der Waals surface area (Å²) in [5.41, 5.74) is 2.27. The van der Waals surface area contributed by atoms with Gasteiger partial charge >= 0.3 is 5.97 Å². The molecular formula is C23H30N4O3. The Morgan fingerprint density at radius 1 is 1.00 bits per heavy atom. The van der Waals surface area contributed by atoms with Crippen molar-refractivity contribution in [2.75, 3.05) is 56.2 Å². The summed E-state index contributed by atoms with van der Waals surface area (Å²) >= 11 is 0. The fraction of sp³-hybridized carbons (Fsp3) is 0.435. The molecular weight excluding hydrogens is 380 g/mol. The molecule has 1 aromatic carbocycles. The van der Waals surface area contributed by atoms with Crippen molar-refractivity contribution in [2.24, 2.45) is 0 Å².